The number of hydrogen-bond donors (Lipinski definition) is 3. The van der Waals surface area contributed by atoms with Crippen molar-refractivity contribution in [2.24, 2.45) is 0 Å². The number of carbonyl (C=O) groups excluding carboxylic acids is 3. The number of halogens is 1. The minimum atomic E-state index is -0.422. The Morgan fingerprint density at radius 1 is 1.14 bits per heavy atom. The molecule has 10 nitrogen and oxygen atoms in total. The fourth-order valence-electron chi connectivity index (χ4n) is 4.30. The van der Waals surface area contributed by atoms with Crippen LogP contribution in [0.15, 0.2) is 42.5 Å². The number of fused-ring (bicyclic) bond motifs is 7. The van der Waals surface area contributed by atoms with Gasteiger partial charge in [0.1, 0.15) is 11.9 Å². The van der Waals surface area contributed by atoms with Crippen LogP contribution in [-0.2, 0) is 16.1 Å². The largest absolute Gasteiger partial charge is 0.493 e. The first-order chi connectivity index (χ1) is 17.5. The van der Waals surface area contributed by atoms with Gasteiger partial charge >= 0.3 is 0 Å². The average Bonchev–Trinajstić information content (AvgIpc) is 3.65. The molecule has 6 rings (SSSR count). The van der Waals surface area contributed by atoms with Crippen LogP contribution in [0, 0.1) is 0 Å². The van der Waals surface area contributed by atoms with E-state index in [1.54, 1.807) is 23.1 Å². The number of nitrogens with zero attached hydrogens (tertiary/aromatic N) is 1. The van der Waals surface area contributed by atoms with Gasteiger partial charge in [-0.15, -0.1) is 12.4 Å². The molecular weight excluding hydrogens is 500 g/mol. The van der Waals surface area contributed by atoms with Gasteiger partial charge in [0.2, 0.25) is 5.91 Å². The summed E-state index contributed by atoms with van der Waals surface area (Å²) in [6.45, 7) is 1.10. The lowest BCUT2D eigenvalue weighted by Gasteiger charge is -2.21. The van der Waals surface area contributed by atoms with Gasteiger partial charge in [0.25, 0.3) is 11.8 Å². The van der Waals surface area contributed by atoms with Crippen molar-refractivity contribution in [2.75, 3.05) is 33.4 Å². The number of hydrogen-bond acceptors (Lipinski definition) is 7. The molecule has 0 aromatic heterocycles. The summed E-state index contributed by atoms with van der Waals surface area (Å²) in [5, 5.41) is 9.09. The third-order valence-corrected chi connectivity index (χ3v) is 6.54. The maximum Gasteiger partial charge on any atom is 0.258 e. The zero-order chi connectivity index (χ0) is 25.1. The molecule has 198 valence electrons. The predicted octanol–water partition coefficient (Wildman–Crippen LogP) is 1.27. The summed E-state index contributed by atoms with van der Waals surface area (Å²) in [5.41, 5.74) is 1.25. The highest BCUT2D eigenvalue weighted by atomic mass is 35.5. The van der Waals surface area contributed by atoms with E-state index in [0.29, 0.717) is 42.7 Å². The molecule has 0 radical (unpaired) electrons. The summed E-state index contributed by atoms with van der Waals surface area (Å²) >= 11 is 0. The highest BCUT2D eigenvalue weighted by molar-refractivity contribution is 5.95. The van der Waals surface area contributed by atoms with E-state index in [9.17, 15) is 14.4 Å². The summed E-state index contributed by atoms with van der Waals surface area (Å²) in [6.07, 6.45) is 1.78. The van der Waals surface area contributed by atoms with Crippen LogP contribution in [0.1, 0.15) is 28.8 Å². The third-order valence-electron chi connectivity index (χ3n) is 6.54. The van der Waals surface area contributed by atoms with Gasteiger partial charge < -0.3 is 35.1 Å². The smallest absolute Gasteiger partial charge is 0.258 e. The standard InChI is InChI=1S/C26H30N4O6.ClH/c1-34-21-9-4-17-10-22(21)35-15-24(31)28-11-16-2-7-19(8-3-16)36-23-14-30(13-20(23)29-26(17)33)25(32)12-27-18-5-6-18;/h2-4,7-10,18,20,23,27H,5-6,11-15H2,1H3,(H,28,31)(H,29,33);1H/t20-,23-;/m0./s1. The summed E-state index contributed by atoms with van der Waals surface area (Å²) in [6, 6.07) is 12.2. The van der Waals surface area contributed by atoms with Gasteiger partial charge in [-0.05, 0) is 48.7 Å². The van der Waals surface area contributed by atoms with Gasteiger partial charge in [0.05, 0.1) is 26.2 Å². The van der Waals surface area contributed by atoms with Crippen molar-refractivity contribution in [3.63, 3.8) is 0 Å². The Morgan fingerprint density at radius 3 is 2.65 bits per heavy atom. The van der Waals surface area contributed by atoms with Crippen molar-refractivity contribution in [3.05, 3.63) is 53.6 Å². The van der Waals surface area contributed by atoms with Crippen LogP contribution in [0.25, 0.3) is 0 Å². The molecule has 3 N–H and O–H groups in total. The van der Waals surface area contributed by atoms with Crippen LogP contribution in [0.2, 0.25) is 0 Å². The molecule has 2 atom stereocenters. The highest BCUT2D eigenvalue weighted by Gasteiger charge is 2.38. The zero-order valence-electron chi connectivity index (χ0n) is 20.5. The molecule has 0 unspecified atom stereocenters. The normalized spacial score (nSPS) is 21.4. The first kappa shape index (κ1) is 26.6. The second kappa shape index (κ2) is 11.7. The number of likely N-dealkylation sites (tertiary alicyclic amines) is 1. The van der Waals surface area contributed by atoms with Crippen molar-refractivity contribution < 1.29 is 28.6 Å². The van der Waals surface area contributed by atoms with Crippen LogP contribution in [0.4, 0.5) is 0 Å². The predicted molar refractivity (Wildman–Crippen MR) is 137 cm³/mol. The Bertz CT molecular complexity index is 1140. The van der Waals surface area contributed by atoms with Gasteiger partial charge in [0, 0.05) is 24.7 Å². The molecule has 1 saturated carbocycles. The molecule has 0 spiro atoms. The lowest BCUT2D eigenvalue weighted by molar-refractivity contribution is -0.129. The van der Waals surface area contributed by atoms with Crippen molar-refractivity contribution in [3.8, 4) is 17.2 Å². The Hall–Kier alpha value is -3.50. The van der Waals surface area contributed by atoms with Gasteiger partial charge in [-0.3, -0.25) is 14.4 Å². The van der Waals surface area contributed by atoms with Gasteiger partial charge in [-0.25, -0.2) is 0 Å². The highest BCUT2D eigenvalue weighted by Crippen LogP contribution is 2.28. The Kier molecular flexibility index (Phi) is 8.40. The first-order valence-corrected chi connectivity index (χ1v) is 12.1. The molecule has 4 aliphatic rings. The molecule has 2 fully saturated rings. The van der Waals surface area contributed by atoms with Gasteiger partial charge in [-0.1, -0.05) is 12.1 Å². The topological polar surface area (TPSA) is 118 Å². The molecular formula is C26H31ClN4O6. The molecule has 37 heavy (non-hydrogen) atoms. The average molecular weight is 531 g/mol. The molecule has 11 heteroatoms. The van der Waals surface area contributed by atoms with Crippen LogP contribution >= 0.6 is 12.4 Å². The Balaban J connectivity index is 0.00000320. The van der Waals surface area contributed by atoms with E-state index in [2.05, 4.69) is 16.0 Å². The fraction of sp³-hybridized carbons (Fsp3) is 0.423. The van der Waals surface area contributed by atoms with Gasteiger partial charge in [-0.2, -0.15) is 0 Å². The Labute approximate surface area is 221 Å². The lowest BCUT2D eigenvalue weighted by Crippen LogP contribution is -2.45. The minimum Gasteiger partial charge on any atom is -0.493 e. The fourth-order valence-corrected chi connectivity index (χ4v) is 4.30. The SMILES string of the molecule is COc1ccc2cc1OCC(=O)NCc1ccc(cc1)O[C@H]1CN(C(=O)CNC3CC3)C[C@@H]1NC2=O.Cl. The zero-order valence-corrected chi connectivity index (χ0v) is 21.3. The van der Waals surface area contributed by atoms with E-state index < -0.39 is 12.1 Å². The van der Waals surface area contributed by atoms with Crippen LogP contribution in [0.3, 0.4) is 0 Å². The quantitative estimate of drug-likeness (QED) is 0.545. The summed E-state index contributed by atoms with van der Waals surface area (Å²) in [7, 11) is 1.49. The third kappa shape index (κ3) is 6.64. The number of methoxy groups -OCH3 is 1. The molecule has 3 heterocycles. The first-order valence-electron chi connectivity index (χ1n) is 12.1. The summed E-state index contributed by atoms with van der Waals surface area (Å²) < 4.78 is 17.2. The summed E-state index contributed by atoms with van der Waals surface area (Å²) in [4.78, 5) is 40.0. The number of carbonyl (C=O) groups is 3. The maximum absolute atomic E-state index is 13.2. The second-order valence-corrected chi connectivity index (χ2v) is 9.27. The molecule has 1 saturated heterocycles. The van der Waals surface area contributed by atoms with E-state index in [1.807, 2.05) is 24.3 Å². The van der Waals surface area contributed by atoms with Crippen molar-refractivity contribution >= 4 is 30.1 Å². The molecule has 4 bridgehead atoms. The monoisotopic (exact) mass is 530 g/mol. The van der Waals surface area contributed by atoms with Crippen LogP contribution in [0.5, 0.6) is 17.2 Å². The number of amides is 3. The van der Waals surface area contributed by atoms with E-state index >= 15 is 0 Å². The maximum atomic E-state index is 13.2. The van der Waals surface area contributed by atoms with E-state index in [4.69, 9.17) is 14.2 Å². The molecule has 3 amide bonds. The van der Waals surface area contributed by atoms with E-state index in [-0.39, 0.29) is 49.0 Å². The van der Waals surface area contributed by atoms with E-state index in [1.165, 1.54) is 7.11 Å². The lowest BCUT2D eigenvalue weighted by atomic mass is 10.1. The molecule has 1 aliphatic carbocycles. The number of rotatable bonds is 4. The number of benzene rings is 2. The van der Waals surface area contributed by atoms with E-state index in [0.717, 1.165) is 18.4 Å². The molecule has 3 aliphatic heterocycles. The van der Waals surface area contributed by atoms with Gasteiger partial charge in [0.15, 0.2) is 18.1 Å². The molecule has 2 aromatic rings. The number of nitrogens with one attached hydrogen (secondary N) is 3. The summed E-state index contributed by atoms with van der Waals surface area (Å²) in [5.74, 6) is 0.674. The minimum absolute atomic E-state index is 0. The molecule has 2 aromatic carbocycles. The van der Waals surface area contributed by atoms with Crippen molar-refractivity contribution in [1.29, 1.82) is 0 Å². The number of ether oxygens (including phenoxy) is 3. The van der Waals surface area contributed by atoms with Crippen LogP contribution < -0.4 is 30.2 Å². The van der Waals surface area contributed by atoms with Crippen molar-refractivity contribution in [1.82, 2.24) is 20.9 Å². The second-order valence-electron chi connectivity index (χ2n) is 9.27. The van der Waals surface area contributed by atoms with Crippen molar-refractivity contribution in [2.45, 2.75) is 37.6 Å². The Morgan fingerprint density at radius 2 is 1.92 bits per heavy atom. The van der Waals surface area contributed by atoms with Crippen LogP contribution in [-0.4, -0.2) is 74.2 Å².